The standard InChI is InChI=1S/C14H26N4S/c1-6-14(11-15-13(2)3)12-17-7-9-18(10-8-17)19-16(4)5/h6,11H,2,7-10,12H2,1,3-5H3/b14-6+,15-11?. The van der Waals surface area contributed by atoms with Crippen LogP contribution < -0.4 is 0 Å². The molecule has 19 heavy (non-hydrogen) atoms. The van der Waals surface area contributed by atoms with Gasteiger partial charge in [0.05, 0.1) is 0 Å². The van der Waals surface area contributed by atoms with Crippen LogP contribution in [0.2, 0.25) is 0 Å². The molecule has 1 heterocycles. The van der Waals surface area contributed by atoms with Crippen LogP contribution >= 0.6 is 12.1 Å². The maximum absolute atomic E-state index is 4.28. The lowest BCUT2D eigenvalue weighted by Gasteiger charge is -2.34. The second-order valence-corrected chi connectivity index (χ2v) is 6.37. The third kappa shape index (κ3) is 6.92. The second-order valence-electron chi connectivity index (χ2n) is 4.96. The molecule has 1 aliphatic rings. The van der Waals surface area contributed by atoms with E-state index in [0.717, 1.165) is 38.4 Å². The van der Waals surface area contributed by atoms with Crippen LogP contribution in [0, 0.1) is 0 Å². The number of piperazine rings is 1. The lowest BCUT2D eigenvalue weighted by atomic mass is 10.2. The minimum absolute atomic E-state index is 0.853. The maximum Gasteiger partial charge on any atom is 0.0312 e. The molecule has 0 saturated carbocycles. The van der Waals surface area contributed by atoms with Gasteiger partial charge in [0, 0.05) is 56.8 Å². The van der Waals surface area contributed by atoms with E-state index in [1.54, 1.807) is 12.1 Å². The number of nitrogens with zero attached hydrogens (tertiary/aromatic N) is 4. The van der Waals surface area contributed by atoms with E-state index in [0.29, 0.717) is 0 Å². The summed E-state index contributed by atoms with van der Waals surface area (Å²) < 4.78 is 4.56. The van der Waals surface area contributed by atoms with Crippen molar-refractivity contribution in [2.75, 3.05) is 46.8 Å². The molecule has 1 saturated heterocycles. The molecule has 1 aliphatic heterocycles. The van der Waals surface area contributed by atoms with Gasteiger partial charge in [-0.3, -0.25) is 9.89 Å². The fourth-order valence-electron chi connectivity index (χ4n) is 1.86. The zero-order valence-electron chi connectivity index (χ0n) is 12.6. The normalized spacial score (nSPS) is 19.5. The smallest absolute Gasteiger partial charge is 0.0312 e. The Labute approximate surface area is 122 Å². The summed E-state index contributed by atoms with van der Waals surface area (Å²) >= 11 is 1.80. The molecule has 0 amide bonds. The van der Waals surface area contributed by atoms with Crippen molar-refractivity contribution in [2.24, 2.45) is 4.99 Å². The fourth-order valence-corrected chi connectivity index (χ4v) is 2.65. The zero-order chi connectivity index (χ0) is 14.3. The van der Waals surface area contributed by atoms with Crippen LogP contribution in [-0.4, -0.2) is 66.5 Å². The quantitative estimate of drug-likeness (QED) is 0.550. The predicted octanol–water partition coefficient (Wildman–Crippen LogP) is 2.28. The Bertz CT molecular complexity index is 341. The highest BCUT2D eigenvalue weighted by Crippen LogP contribution is 2.15. The number of rotatable bonds is 6. The highest BCUT2D eigenvalue weighted by Gasteiger charge is 2.18. The average molecular weight is 282 g/mol. The molecule has 0 aromatic rings. The molecule has 0 aromatic heterocycles. The van der Waals surface area contributed by atoms with Crippen molar-refractivity contribution >= 4 is 18.3 Å². The third-order valence-corrected chi connectivity index (χ3v) is 3.76. The topological polar surface area (TPSA) is 22.1 Å². The van der Waals surface area contributed by atoms with Gasteiger partial charge in [-0.25, -0.2) is 8.61 Å². The zero-order valence-corrected chi connectivity index (χ0v) is 13.4. The number of allylic oxidation sites excluding steroid dienone is 2. The molecule has 0 spiro atoms. The average Bonchev–Trinajstić information content (AvgIpc) is 2.35. The number of hydrogen-bond donors (Lipinski definition) is 0. The number of aliphatic imine (C=N–C) groups is 1. The van der Waals surface area contributed by atoms with Crippen LogP contribution in [0.5, 0.6) is 0 Å². The molecule has 0 aromatic carbocycles. The summed E-state index contributed by atoms with van der Waals surface area (Å²) in [6.45, 7) is 13.2. The Kier molecular flexibility index (Phi) is 7.38. The van der Waals surface area contributed by atoms with E-state index in [4.69, 9.17) is 0 Å². The van der Waals surface area contributed by atoms with Crippen molar-refractivity contribution in [1.29, 1.82) is 0 Å². The van der Waals surface area contributed by atoms with Crippen LogP contribution in [0.25, 0.3) is 0 Å². The lowest BCUT2D eigenvalue weighted by Crippen LogP contribution is -2.44. The molecule has 108 valence electrons. The van der Waals surface area contributed by atoms with E-state index >= 15 is 0 Å². The molecule has 5 heteroatoms. The lowest BCUT2D eigenvalue weighted by molar-refractivity contribution is 0.209. The van der Waals surface area contributed by atoms with Crippen molar-refractivity contribution in [1.82, 2.24) is 13.5 Å². The Morgan fingerprint density at radius 1 is 1.32 bits per heavy atom. The molecule has 0 aliphatic carbocycles. The first-order valence-corrected chi connectivity index (χ1v) is 7.41. The van der Waals surface area contributed by atoms with E-state index < -0.39 is 0 Å². The van der Waals surface area contributed by atoms with Crippen LogP contribution in [0.4, 0.5) is 0 Å². The second kappa shape index (κ2) is 8.53. The first-order chi connectivity index (χ1) is 9.01. The van der Waals surface area contributed by atoms with E-state index in [1.165, 1.54) is 5.57 Å². The van der Waals surface area contributed by atoms with Gasteiger partial charge in [-0.2, -0.15) is 0 Å². The number of hydrogen-bond acceptors (Lipinski definition) is 5. The van der Waals surface area contributed by atoms with Gasteiger partial charge >= 0.3 is 0 Å². The SMILES string of the molecule is C=C(C)N=C/C(=C\C)CN1CCN(SN(C)C)CC1. The molecule has 1 rings (SSSR count). The molecule has 0 N–H and O–H groups in total. The Hall–Kier alpha value is -0.620. The summed E-state index contributed by atoms with van der Waals surface area (Å²) in [4.78, 5) is 6.76. The molecule has 0 bridgehead atoms. The molecule has 0 atom stereocenters. The largest absolute Gasteiger partial charge is 0.296 e. The summed E-state index contributed by atoms with van der Waals surface area (Å²) in [7, 11) is 4.17. The highest BCUT2D eigenvalue weighted by molar-refractivity contribution is 7.94. The van der Waals surface area contributed by atoms with Gasteiger partial charge in [0.25, 0.3) is 0 Å². The van der Waals surface area contributed by atoms with Gasteiger partial charge in [-0.05, 0) is 33.5 Å². The summed E-state index contributed by atoms with van der Waals surface area (Å²) in [6, 6.07) is 0. The van der Waals surface area contributed by atoms with Crippen LogP contribution in [0.15, 0.2) is 28.9 Å². The Balaban J connectivity index is 2.37. The summed E-state index contributed by atoms with van der Waals surface area (Å²) in [5.74, 6) is 0. The van der Waals surface area contributed by atoms with E-state index in [-0.39, 0.29) is 0 Å². The summed E-state index contributed by atoms with van der Waals surface area (Å²) in [5, 5.41) is 0. The molecular weight excluding hydrogens is 256 g/mol. The van der Waals surface area contributed by atoms with Crippen LogP contribution in [-0.2, 0) is 0 Å². The molecule has 4 nitrogen and oxygen atoms in total. The van der Waals surface area contributed by atoms with Crippen molar-refractivity contribution < 1.29 is 0 Å². The minimum Gasteiger partial charge on any atom is -0.296 e. The van der Waals surface area contributed by atoms with E-state index in [9.17, 15) is 0 Å². The Morgan fingerprint density at radius 3 is 2.42 bits per heavy atom. The van der Waals surface area contributed by atoms with Gasteiger partial charge in [-0.15, -0.1) is 0 Å². The molecule has 0 radical (unpaired) electrons. The molecular formula is C14H26N4S. The van der Waals surface area contributed by atoms with Gasteiger partial charge in [0.2, 0.25) is 0 Å². The van der Waals surface area contributed by atoms with Gasteiger partial charge in [0.1, 0.15) is 0 Å². The van der Waals surface area contributed by atoms with Crippen LogP contribution in [0.1, 0.15) is 13.8 Å². The molecule has 1 fully saturated rings. The van der Waals surface area contributed by atoms with Crippen molar-refractivity contribution in [3.8, 4) is 0 Å². The van der Waals surface area contributed by atoms with Gasteiger partial charge < -0.3 is 0 Å². The van der Waals surface area contributed by atoms with Crippen molar-refractivity contribution in [3.05, 3.63) is 23.9 Å². The third-order valence-electron chi connectivity index (χ3n) is 2.84. The summed E-state index contributed by atoms with van der Waals surface area (Å²) in [6.07, 6.45) is 4.07. The van der Waals surface area contributed by atoms with Crippen molar-refractivity contribution in [2.45, 2.75) is 13.8 Å². The first kappa shape index (κ1) is 16.4. The van der Waals surface area contributed by atoms with Crippen molar-refractivity contribution in [3.63, 3.8) is 0 Å². The van der Waals surface area contributed by atoms with Gasteiger partial charge in [0.15, 0.2) is 0 Å². The predicted molar refractivity (Wildman–Crippen MR) is 86.4 cm³/mol. The summed E-state index contributed by atoms with van der Waals surface area (Å²) in [5.41, 5.74) is 2.11. The Morgan fingerprint density at radius 2 is 1.95 bits per heavy atom. The fraction of sp³-hybridized carbons (Fsp3) is 0.643. The highest BCUT2D eigenvalue weighted by atomic mass is 32.2. The minimum atomic E-state index is 0.853. The maximum atomic E-state index is 4.28. The van der Waals surface area contributed by atoms with E-state index in [2.05, 4.69) is 52.2 Å². The monoisotopic (exact) mass is 282 g/mol. The van der Waals surface area contributed by atoms with Crippen LogP contribution in [0.3, 0.4) is 0 Å². The van der Waals surface area contributed by atoms with E-state index in [1.807, 2.05) is 13.1 Å². The molecule has 0 unspecified atom stereocenters. The first-order valence-electron chi connectivity index (χ1n) is 6.68. The van der Waals surface area contributed by atoms with Gasteiger partial charge in [-0.1, -0.05) is 12.7 Å².